The standard InChI is InChI=1S/C18H15NO/c1-20-15-8-7-14-11-17(13-5-3-2-4-6-13)16(9-10-19)18(14)12-15/h2-9,12,17H,11H2,1H3/b16-9+/t17-/m1/s1. The third-order valence-corrected chi connectivity index (χ3v) is 3.85. The van der Waals surface area contributed by atoms with Crippen LogP contribution >= 0.6 is 0 Å². The molecule has 0 amide bonds. The molecule has 20 heavy (non-hydrogen) atoms. The summed E-state index contributed by atoms with van der Waals surface area (Å²) < 4.78 is 5.30. The van der Waals surface area contributed by atoms with Gasteiger partial charge in [-0.1, -0.05) is 36.4 Å². The summed E-state index contributed by atoms with van der Waals surface area (Å²) in [5, 5.41) is 9.09. The molecular formula is C18H15NO. The Morgan fingerprint density at radius 2 is 2.00 bits per heavy atom. The quantitative estimate of drug-likeness (QED) is 0.767. The van der Waals surface area contributed by atoms with Crippen LogP contribution in [0.1, 0.15) is 22.6 Å². The molecule has 0 bridgehead atoms. The van der Waals surface area contributed by atoms with Gasteiger partial charge in [-0.3, -0.25) is 0 Å². The third kappa shape index (κ3) is 2.08. The van der Waals surface area contributed by atoms with Gasteiger partial charge in [-0.25, -0.2) is 0 Å². The summed E-state index contributed by atoms with van der Waals surface area (Å²) in [7, 11) is 1.67. The first-order valence-corrected chi connectivity index (χ1v) is 6.65. The van der Waals surface area contributed by atoms with E-state index >= 15 is 0 Å². The van der Waals surface area contributed by atoms with Gasteiger partial charge in [0.15, 0.2) is 0 Å². The van der Waals surface area contributed by atoms with E-state index in [1.807, 2.05) is 30.3 Å². The second kappa shape index (κ2) is 5.22. The molecule has 0 saturated heterocycles. The van der Waals surface area contributed by atoms with Crippen molar-refractivity contribution in [1.82, 2.24) is 0 Å². The van der Waals surface area contributed by atoms with Crippen LogP contribution in [0.4, 0.5) is 0 Å². The van der Waals surface area contributed by atoms with Crippen molar-refractivity contribution in [2.45, 2.75) is 12.3 Å². The Balaban J connectivity index is 2.09. The first-order chi connectivity index (χ1) is 9.83. The van der Waals surface area contributed by atoms with Gasteiger partial charge in [0.1, 0.15) is 5.75 Å². The lowest BCUT2D eigenvalue weighted by molar-refractivity contribution is 0.414. The molecule has 1 atom stereocenters. The summed E-state index contributed by atoms with van der Waals surface area (Å²) in [4.78, 5) is 0. The van der Waals surface area contributed by atoms with E-state index in [4.69, 9.17) is 10.00 Å². The zero-order valence-electron chi connectivity index (χ0n) is 11.3. The van der Waals surface area contributed by atoms with Crippen molar-refractivity contribution >= 4 is 5.57 Å². The van der Waals surface area contributed by atoms with Gasteiger partial charge in [0.25, 0.3) is 0 Å². The molecule has 0 aliphatic heterocycles. The van der Waals surface area contributed by atoms with Gasteiger partial charge in [-0.15, -0.1) is 0 Å². The fourth-order valence-electron chi connectivity index (χ4n) is 2.88. The van der Waals surface area contributed by atoms with Crippen molar-refractivity contribution in [2.24, 2.45) is 0 Å². The largest absolute Gasteiger partial charge is 0.497 e. The van der Waals surface area contributed by atoms with Crippen LogP contribution in [0.5, 0.6) is 5.75 Å². The van der Waals surface area contributed by atoms with E-state index in [1.54, 1.807) is 13.2 Å². The topological polar surface area (TPSA) is 33.0 Å². The zero-order chi connectivity index (χ0) is 13.9. The number of hydrogen-bond donors (Lipinski definition) is 0. The highest BCUT2D eigenvalue weighted by molar-refractivity contribution is 5.80. The summed E-state index contributed by atoms with van der Waals surface area (Å²) in [6.45, 7) is 0. The van der Waals surface area contributed by atoms with Gasteiger partial charge in [-0.2, -0.15) is 5.26 Å². The molecule has 2 heteroatoms. The summed E-state index contributed by atoms with van der Waals surface area (Å²) in [6.07, 6.45) is 2.61. The molecule has 2 aromatic carbocycles. The maximum atomic E-state index is 9.09. The van der Waals surface area contributed by atoms with Crippen LogP contribution in [0.3, 0.4) is 0 Å². The zero-order valence-corrected chi connectivity index (χ0v) is 11.3. The Morgan fingerprint density at radius 3 is 2.70 bits per heavy atom. The number of fused-ring (bicyclic) bond motifs is 1. The van der Waals surface area contributed by atoms with Gasteiger partial charge < -0.3 is 4.74 Å². The fourth-order valence-corrected chi connectivity index (χ4v) is 2.88. The second-order valence-corrected chi connectivity index (χ2v) is 4.92. The van der Waals surface area contributed by atoms with Gasteiger partial charge in [0.05, 0.1) is 13.2 Å². The Hall–Kier alpha value is -2.53. The lowest BCUT2D eigenvalue weighted by Crippen LogP contribution is -1.96. The molecule has 0 heterocycles. The predicted octanol–water partition coefficient (Wildman–Crippen LogP) is 3.94. The lowest BCUT2D eigenvalue weighted by atomic mass is 9.92. The van der Waals surface area contributed by atoms with Crippen molar-refractivity contribution in [3.63, 3.8) is 0 Å². The number of allylic oxidation sites excluding steroid dienone is 2. The number of rotatable bonds is 2. The molecule has 2 aromatic rings. The minimum atomic E-state index is 0.262. The fraction of sp³-hybridized carbons (Fsp3) is 0.167. The molecule has 0 aromatic heterocycles. The van der Waals surface area contributed by atoms with E-state index in [1.165, 1.54) is 11.1 Å². The Bertz CT molecular complexity index is 695. The average molecular weight is 261 g/mol. The number of hydrogen-bond acceptors (Lipinski definition) is 2. The molecule has 2 nitrogen and oxygen atoms in total. The highest BCUT2D eigenvalue weighted by Gasteiger charge is 2.28. The minimum Gasteiger partial charge on any atom is -0.497 e. The van der Waals surface area contributed by atoms with Crippen LogP contribution in [0.2, 0.25) is 0 Å². The maximum Gasteiger partial charge on any atom is 0.119 e. The van der Waals surface area contributed by atoms with E-state index in [-0.39, 0.29) is 5.92 Å². The molecule has 1 aliphatic carbocycles. The van der Waals surface area contributed by atoms with Crippen molar-refractivity contribution in [3.8, 4) is 11.8 Å². The van der Waals surface area contributed by atoms with E-state index in [0.29, 0.717) is 0 Å². The molecule has 98 valence electrons. The SMILES string of the molecule is COc1ccc2c(c1)/C(=C/C#N)[C@@H](c1ccccc1)C2. The molecule has 0 N–H and O–H groups in total. The summed E-state index contributed by atoms with van der Waals surface area (Å²) in [6, 6.07) is 18.6. The van der Waals surface area contributed by atoms with Crippen molar-refractivity contribution in [2.75, 3.05) is 7.11 Å². The van der Waals surface area contributed by atoms with Crippen molar-refractivity contribution in [3.05, 3.63) is 71.3 Å². The molecule has 0 fully saturated rings. The number of benzene rings is 2. The van der Waals surface area contributed by atoms with Gasteiger partial charge in [0, 0.05) is 12.0 Å². The second-order valence-electron chi connectivity index (χ2n) is 4.92. The highest BCUT2D eigenvalue weighted by Crippen LogP contribution is 2.44. The number of nitrogens with zero attached hydrogens (tertiary/aromatic N) is 1. The molecule has 0 saturated carbocycles. The molecule has 0 radical (unpaired) electrons. The third-order valence-electron chi connectivity index (χ3n) is 3.85. The first kappa shape index (κ1) is 12.5. The summed E-state index contributed by atoms with van der Waals surface area (Å²) >= 11 is 0. The minimum absolute atomic E-state index is 0.262. The average Bonchev–Trinajstić information content (AvgIpc) is 2.86. The van der Waals surface area contributed by atoms with Crippen LogP contribution in [0, 0.1) is 11.3 Å². The highest BCUT2D eigenvalue weighted by atomic mass is 16.5. The van der Waals surface area contributed by atoms with E-state index in [9.17, 15) is 0 Å². The molecule has 0 spiro atoms. The number of ether oxygens (including phenoxy) is 1. The summed E-state index contributed by atoms with van der Waals surface area (Å²) in [5.74, 6) is 1.10. The lowest BCUT2D eigenvalue weighted by Gasteiger charge is -2.12. The van der Waals surface area contributed by atoms with E-state index in [2.05, 4.69) is 24.3 Å². The van der Waals surface area contributed by atoms with Crippen LogP contribution in [-0.4, -0.2) is 7.11 Å². The van der Waals surface area contributed by atoms with Crippen molar-refractivity contribution in [1.29, 1.82) is 5.26 Å². The van der Waals surface area contributed by atoms with Crippen LogP contribution in [-0.2, 0) is 6.42 Å². The molecular weight excluding hydrogens is 246 g/mol. The van der Waals surface area contributed by atoms with E-state index in [0.717, 1.165) is 23.3 Å². The number of nitriles is 1. The Labute approximate surface area is 118 Å². The summed E-state index contributed by atoms with van der Waals surface area (Å²) in [5.41, 5.74) is 4.76. The Kier molecular flexibility index (Phi) is 3.26. The van der Waals surface area contributed by atoms with Crippen LogP contribution in [0.25, 0.3) is 5.57 Å². The maximum absolute atomic E-state index is 9.09. The van der Waals surface area contributed by atoms with E-state index < -0.39 is 0 Å². The molecule has 1 aliphatic rings. The normalized spacial score (nSPS) is 18.6. The Morgan fingerprint density at radius 1 is 1.20 bits per heavy atom. The smallest absolute Gasteiger partial charge is 0.119 e. The monoisotopic (exact) mass is 261 g/mol. The van der Waals surface area contributed by atoms with Crippen LogP contribution < -0.4 is 4.74 Å². The van der Waals surface area contributed by atoms with Crippen molar-refractivity contribution < 1.29 is 4.74 Å². The predicted molar refractivity (Wildman–Crippen MR) is 79.5 cm³/mol. The molecule has 0 unspecified atom stereocenters. The first-order valence-electron chi connectivity index (χ1n) is 6.65. The van der Waals surface area contributed by atoms with Crippen LogP contribution in [0.15, 0.2) is 54.6 Å². The van der Waals surface area contributed by atoms with Gasteiger partial charge >= 0.3 is 0 Å². The van der Waals surface area contributed by atoms with Gasteiger partial charge in [-0.05, 0) is 40.8 Å². The number of methoxy groups -OCH3 is 1. The van der Waals surface area contributed by atoms with Gasteiger partial charge in [0.2, 0.25) is 0 Å². The molecule has 3 rings (SSSR count).